The number of thiazole rings is 1. The number of hydrogen-bond acceptors (Lipinski definition) is 6. The van der Waals surface area contributed by atoms with Crippen molar-refractivity contribution in [2.24, 2.45) is 10.1 Å². The summed E-state index contributed by atoms with van der Waals surface area (Å²) in [5.41, 5.74) is 2.44. The van der Waals surface area contributed by atoms with E-state index in [9.17, 15) is 0 Å². The van der Waals surface area contributed by atoms with Crippen molar-refractivity contribution in [1.29, 1.82) is 0 Å². The van der Waals surface area contributed by atoms with Gasteiger partial charge < -0.3 is 14.2 Å². The third kappa shape index (κ3) is 4.42. The molecule has 0 aliphatic rings. The fourth-order valence-corrected chi connectivity index (χ4v) is 3.79. The summed E-state index contributed by atoms with van der Waals surface area (Å²) in [6, 6.07) is 9.00. The van der Waals surface area contributed by atoms with E-state index < -0.39 is 0 Å². The number of ether oxygens (including phenoxy) is 3. The lowest BCUT2D eigenvalue weighted by Gasteiger charge is -2.12. The van der Waals surface area contributed by atoms with E-state index >= 15 is 0 Å². The third-order valence-corrected chi connectivity index (χ3v) is 5.79. The summed E-state index contributed by atoms with van der Waals surface area (Å²) in [6.45, 7) is 0. The minimum atomic E-state index is 0.474. The Morgan fingerprint density at radius 3 is 2.24 bits per heavy atom. The summed E-state index contributed by atoms with van der Waals surface area (Å²) in [5, 5.41) is 7.57. The fraction of sp³-hybridized carbons (Fsp3) is 0.200. The van der Waals surface area contributed by atoms with E-state index in [1.54, 1.807) is 63.5 Å². The minimum Gasteiger partial charge on any atom is -0.496 e. The molecule has 9 heteroatoms. The van der Waals surface area contributed by atoms with Crippen LogP contribution in [0.2, 0.25) is 10.0 Å². The van der Waals surface area contributed by atoms with Crippen LogP contribution in [0.4, 0.5) is 0 Å². The Balaban J connectivity index is 2.10. The van der Waals surface area contributed by atoms with Crippen LogP contribution < -0.4 is 19.0 Å². The second-order valence-corrected chi connectivity index (χ2v) is 7.41. The summed E-state index contributed by atoms with van der Waals surface area (Å²) < 4.78 is 17.9. The molecule has 0 unspecified atom stereocenters. The van der Waals surface area contributed by atoms with Gasteiger partial charge >= 0.3 is 0 Å². The predicted molar refractivity (Wildman–Crippen MR) is 118 cm³/mol. The van der Waals surface area contributed by atoms with Crippen molar-refractivity contribution in [3.05, 3.63) is 56.1 Å². The second-order valence-electron chi connectivity index (χ2n) is 5.76. The summed E-state index contributed by atoms with van der Waals surface area (Å²) in [4.78, 5) is 5.03. The molecule has 0 bridgehead atoms. The molecule has 0 aliphatic heterocycles. The lowest BCUT2D eigenvalue weighted by atomic mass is 10.2. The van der Waals surface area contributed by atoms with Crippen LogP contribution in [-0.4, -0.2) is 39.3 Å². The van der Waals surface area contributed by atoms with Gasteiger partial charge in [-0.15, -0.1) is 11.3 Å². The van der Waals surface area contributed by atoms with Gasteiger partial charge in [0.15, 0.2) is 11.5 Å². The number of nitrogens with zero attached hydrogens (tertiary/aromatic N) is 3. The molecule has 2 aromatic carbocycles. The van der Waals surface area contributed by atoms with Gasteiger partial charge in [0.2, 0.25) is 4.80 Å². The van der Waals surface area contributed by atoms with Crippen LogP contribution in [0.3, 0.4) is 0 Å². The zero-order valence-corrected chi connectivity index (χ0v) is 18.6. The summed E-state index contributed by atoms with van der Waals surface area (Å²) in [7, 11) is 6.46. The zero-order valence-electron chi connectivity index (χ0n) is 16.3. The van der Waals surface area contributed by atoms with E-state index in [0.29, 0.717) is 27.3 Å². The summed E-state index contributed by atoms with van der Waals surface area (Å²) >= 11 is 13.7. The molecular formula is C20H19Cl2N3O3S. The van der Waals surface area contributed by atoms with Crippen LogP contribution >= 0.6 is 34.5 Å². The van der Waals surface area contributed by atoms with E-state index in [1.165, 1.54) is 11.3 Å². The molecule has 0 spiro atoms. The zero-order chi connectivity index (χ0) is 21.0. The highest BCUT2D eigenvalue weighted by Gasteiger charge is 2.12. The van der Waals surface area contributed by atoms with Gasteiger partial charge in [0.25, 0.3) is 0 Å². The average molecular weight is 452 g/mol. The predicted octanol–water partition coefficient (Wildman–Crippen LogP) is 4.96. The Bertz CT molecular complexity index is 1120. The van der Waals surface area contributed by atoms with Crippen LogP contribution in [0.1, 0.15) is 5.56 Å². The van der Waals surface area contributed by atoms with Gasteiger partial charge in [-0.3, -0.25) is 4.99 Å². The van der Waals surface area contributed by atoms with Gasteiger partial charge in [0.1, 0.15) is 5.75 Å². The summed E-state index contributed by atoms with van der Waals surface area (Å²) in [6.07, 6.45) is 1.68. The van der Waals surface area contributed by atoms with Crippen LogP contribution in [0.5, 0.6) is 17.2 Å². The first kappa shape index (κ1) is 21.2. The number of methoxy groups -OCH3 is 3. The highest BCUT2D eigenvalue weighted by atomic mass is 35.5. The standard InChI is InChI=1S/C20H19Cl2N3O3S/c1-23-20-25(16(11-29-20)12-5-6-14(21)15(22)7-12)24-10-13-8-18(27-3)19(28-4)9-17(13)26-2/h5-11H,1-4H3. The van der Waals surface area contributed by atoms with E-state index in [2.05, 4.69) is 10.1 Å². The smallest absolute Gasteiger partial charge is 0.205 e. The number of benzene rings is 2. The quantitative estimate of drug-likeness (QED) is 0.497. The second kappa shape index (κ2) is 9.35. The lowest BCUT2D eigenvalue weighted by molar-refractivity contribution is 0.349. The first-order chi connectivity index (χ1) is 14.0. The van der Waals surface area contributed by atoms with Gasteiger partial charge in [-0.2, -0.15) is 5.10 Å². The Kier molecular flexibility index (Phi) is 6.84. The third-order valence-electron chi connectivity index (χ3n) is 4.14. The minimum absolute atomic E-state index is 0.474. The van der Waals surface area contributed by atoms with Gasteiger partial charge in [-0.1, -0.05) is 29.3 Å². The van der Waals surface area contributed by atoms with Crippen LogP contribution in [0, 0.1) is 0 Å². The molecule has 0 fully saturated rings. The molecule has 152 valence electrons. The molecule has 0 aliphatic carbocycles. The average Bonchev–Trinajstić information content (AvgIpc) is 3.16. The molecule has 1 aromatic heterocycles. The topological polar surface area (TPSA) is 57.3 Å². The normalized spacial score (nSPS) is 11.9. The maximum Gasteiger partial charge on any atom is 0.205 e. The molecule has 0 radical (unpaired) electrons. The molecule has 3 rings (SSSR count). The molecule has 0 saturated carbocycles. The number of halogens is 2. The van der Waals surface area contributed by atoms with E-state index in [0.717, 1.165) is 21.6 Å². The summed E-state index contributed by atoms with van der Waals surface area (Å²) in [5.74, 6) is 1.76. The fourth-order valence-electron chi connectivity index (χ4n) is 2.69. The Labute approximate surface area is 182 Å². The van der Waals surface area contributed by atoms with E-state index in [-0.39, 0.29) is 0 Å². The molecule has 0 N–H and O–H groups in total. The van der Waals surface area contributed by atoms with Crippen LogP contribution in [0.25, 0.3) is 11.3 Å². The molecule has 6 nitrogen and oxygen atoms in total. The van der Waals surface area contributed by atoms with Crippen molar-refractivity contribution in [3.63, 3.8) is 0 Å². The molecular weight excluding hydrogens is 433 g/mol. The van der Waals surface area contributed by atoms with Crippen molar-refractivity contribution in [2.75, 3.05) is 28.4 Å². The van der Waals surface area contributed by atoms with Crippen molar-refractivity contribution in [3.8, 4) is 28.5 Å². The Morgan fingerprint density at radius 1 is 0.931 bits per heavy atom. The number of aromatic nitrogens is 1. The van der Waals surface area contributed by atoms with E-state index in [1.807, 2.05) is 11.4 Å². The highest BCUT2D eigenvalue weighted by Crippen LogP contribution is 2.34. The first-order valence-electron chi connectivity index (χ1n) is 8.45. The number of rotatable bonds is 6. The molecule has 0 atom stereocenters. The van der Waals surface area contributed by atoms with Gasteiger partial charge in [0.05, 0.1) is 43.3 Å². The maximum atomic E-state index is 6.19. The van der Waals surface area contributed by atoms with Crippen molar-refractivity contribution < 1.29 is 14.2 Å². The Hall–Kier alpha value is -2.48. The molecule has 3 aromatic rings. The SMILES string of the molecule is CN=c1scc(-c2ccc(Cl)c(Cl)c2)n1N=Cc1cc(OC)c(OC)cc1OC. The Morgan fingerprint density at radius 2 is 1.62 bits per heavy atom. The van der Waals surface area contributed by atoms with Gasteiger partial charge in [-0.25, -0.2) is 4.68 Å². The molecule has 29 heavy (non-hydrogen) atoms. The van der Waals surface area contributed by atoms with Gasteiger partial charge in [-0.05, 0) is 18.2 Å². The maximum absolute atomic E-state index is 6.19. The number of hydrogen-bond donors (Lipinski definition) is 0. The largest absolute Gasteiger partial charge is 0.496 e. The van der Waals surface area contributed by atoms with Crippen molar-refractivity contribution in [1.82, 2.24) is 4.68 Å². The van der Waals surface area contributed by atoms with Crippen LogP contribution in [0.15, 0.2) is 45.8 Å². The molecule has 0 saturated heterocycles. The van der Waals surface area contributed by atoms with E-state index in [4.69, 9.17) is 37.4 Å². The first-order valence-corrected chi connectivity index (χ1v) is 10.1. The molecule has 1 heterocycles. The van der Waals surface area contributed by atoms with Crippen LogP contribution in [-0.2, 0) is 0 Å². The monoisotopic (exact) mass is 451 g/mol. The lowest BCUT2D eigenvalue weighted by Crippen LogP contribution is -2.11. The molecule has 0 amide bonds. The highest BCUT2D eigenvalue weighted by molar-refractivity contribution is 7.07. The van der Waals surface area contributed by atoms with Crippen molar-refractivity contribution in [2.45, 2.75) is 0 Å². The van der Waals surface area contributed by atoms with Crippen molar-refractivity contribution >= 4 is 40.8 Å². The van der Waals surface area contributed by atoms with Gasteiger partial charge in [0, 0.05) is 29.6 Å².